The highest BCUT2D eigenvalue weighted by Gasteiger charge is 2.46. The fourth-order valence-electron chi connectivity index (χ4n) is 4.05. The van der Waals surface area contributed by atoms with Crippen molar-refractivity contribution < 1.29 is 14.7 Å². The Morgan fingerprint density at radius 1 is 1.06 bits per heavy atom. The zero-order chi connectivity index (χ0) is 23.9. The Hall–Kier alpha value is -3.11. The van der Waals surface area contributed by atoms with Crippen molar-refractivity contribution in [2.75, 3.05) is 22.9 Å². The van der Waals surface area contributed by atoms with Crippen LogP contribution in [-0.4, -0.2) is 45.1 Å². The zero-order valence-electron chi connectivity index (χ0n) is 19.1. The summed E-state index contributed by atoms with van der Waals surface area (Å²) in [5.41, 5.74) is 2.37. The van der Waals surface area contributed by atoms with Gasteiger partial charge in [0.15, 0.2) is 5.76 Å². The summed E-state index contributed by atoms with van der Waals surface area (Å²) >= 11 is 2.49. The molecule has 0 aliphatic carbocycles. The lowest BCUT2D eigenvalue weighted by molar-refractivity contribution is -0.117. The molecule has 1 aliphatic rings. The summed E-state index contributed by atoms with van der Waals surface area (Å²) in [7, 11) is 0. The van der Waals surface area contributed by atoms with Gasteiger partial charge in [0.2, 0.25) is 10.9 Å². The molecule has 1 N–H and O–H groups in total. The minimum Gasteiger partial charge on any atom is -0.503 e. The van der Waals surface area contributed by atoms with Crippen LogP contribution in [0.4, 0.5) is 10.8 Å². The number of nitrogens with zero attached hydrogens (tertiary/aromatic N) is 5. The molecular weight excluding hydrogens is 458 g/mol. The van der Waals surface area contributed by atoms with Gasteiger partial charge in [0.25, 0.3) is 5.91 Å². The molecular formula is C23H25N5O3S2. The van der Waals surface area contributed by atoms with Gasteiger partial charge in [-0.1, -0.05) is 23.5 Å². The Kier molecular flexibility index (Phi) is 6.31. The van der Waals surface area contributed by atoms with Crippen LogP contribution in [0.2, 0.25) is 0 Å². The van der Waals surface area contributed by atoms with Gasteiger partial charge in [-0.25, -0.2) is 4.98 Å². The molecule has 0 saturated heterocycles. The van der Waals surface area contributed by atoms with Crippen molar-refractivity contribution in [3.05, 3.63) is 61.7 Å². The predicted octanol–water partition coefficient (Wildman–Crippen LogP) is 4.55. The maximum Gasteiger partial charge on any atom is 0.296 e. The number of aryl methyl sites for hydroxylation is 3. The van der Waals surface area contributed by atoms with Crippen LogP contribution >= 0.6 is 22.7 Å². The van der Waals surface area contributed by atoms with Crippen LogP contribution < -0.4 is 9.80 Å². The molecule has 33 heavy (non-hydrogen) atoms. The first kappa shape index (κ1) is 23.1. The van der Waals surface area contributed by atoms with Crippen molar-refractivity contribution in [3.63, 3.8) is 0 Å². The van der Waals surface area contributed by atoms with Crippen LogP contribution in [0.15, 0.2) is 35.6 Å². The lowest BCUT2D eigenvalue weighted by atomic mass is 9.95. The van der Waals surface area contributed by atoms with Gasteiger partial charge in [-0.15, -0.1) is 21.5 Å². The Bertz CT molecular complexity index is 1240. The second-order valence-electron chi connectivity index (χ2n) is 7.68. The number of aliphatic hydroxyl groups is 1. The fourth-order valence-corrected chi connectivity index (χ4v) is 5.64. The molecule has 10 heteroatoms. The number of amides is 1. The zero-order valence-corrected chi connectivity index (χ0v) is 20.8. The van der Waals surface area contributed by atoms with Crippen molar-refractivity contribution in [2.45, 2.75) is 40.7 Å². The number of aliphatic hydroxyl groups excluding tert-OH is 1. The molecule has 0 spiro atoms. The minimum absolute atomic E-state index is 0.0372. The molecule has 1 aliphatic heterocycles. The largest absolute Gasteiger partial charge is 0.503 e. The molecule has 1 aromatic carbocycles. The maximum absolute atomic E-state index is 13.6. The smallest absolute Gasteiger partial charge is 0.296 e. The molecule has 1 unspecified atom stereocenters. The lowest BCUT2D eigenvalue weighted by Crippen LogP contribution is -2.31. The van der Waals surface area contributed by atoms with E-state index < -0.39 is 23.5 Å². The third kappa shape index (κ3) is 4.04. The van der Waals surface area contributed by atoms with Gasteiger partial charge in [0.1, 0.15) is 5.01 Å². The van der Waals surface area contributed by atoms with Crippen molar-refractivity contribution in [3.8, 4) is 0 Å². The summed E-state index contributed by atoms with van der Waals surface area (Å²) in [6, 6.07) is 6.91. The SMILES string of the molecule is CCN(CC)c1ccc(C2C(C(=O)c3sc(C)nc3C)=C(O)C(=O)N2c2nnc(C)s2)cc1. The number of rotatable bonds is 7. The Labute approximate surface area is 200 Å². The number of carbonyl (C=O) groups excluding carboxylic acids is 2. The molecule has 4 rings (SSSR count). The minimum atomic E-state index is -0.815. The lowest BCUT2D eigenvalue weighted by Gasteiger charge is -2.25. The summed E-state index contributed by atoms with van der Waals surface area (Å²) in [5, 5.41) is 20.8. The van der Waals surface area contributed by atoms with E-state index in [1.54, 1.807) is 13.8 Å². The second kappa shape index (κ2) is 9.03. The van der Waals surface area contributed by atoms with Gasteiger partial charge in [0, 0.05) is 18.8 Å². The molecule has 1 amide bonds. The van der Waals surface area contributed by atoms with Crippen molar-refractivity contribution in [1.82, 2.24) is 15.2 Å². The van der Waals surface area contributed by atoms with Crippen molar-refractivity contribution in [1.29, 1.82) is 0 Å². The number of hydrogen-bond donors (Lipinski definition) is 1. The van der Waals surface area contributed by atoms with E-state index in [1.165, 1.54) is 27.6 Å². The molecule has 0 radical (unpaired) electrons. The topological polar surface area (TPSA) is 99.5 Å². The van der Waals surface area contributed by atoms with Gasteiger partial charge in [-0.3, -0.25) is 14.5 Å². The molecule has 3 heterocycles. The third-order valence-corrected chi connectivity index (χ3v) is 7.53. The van der Waals surface area contributed by atoms with Crippen LogP contribution in [0.1, 0.15) is 50.8 Å². The average molecular weight is 484 g/mol. The predicted molar refractivity (Wildman–Crippen MR) is 130 cm³/mol. The highest BCUT2D eigenvalue weighted by Crippen LogP contribution is 2.43. The monoisotopic (exact) mass is 483 g/mol. The second-order valence-corrected chi connectivity index (χ2v) is 10.0. The number of Topliss-reactive ketones (excluding diaryl/α,β-unsaturated/α-hetero) is 1. The molecule has 2 aromatic heterocycles. The van der Waals surface area contributed by atoms with Crippen molar-refractivity contribution >= 4 is 45.2 Å². The summed E-state index contributed by atoms with van der Waals surface area (Å²) < 4.78 is 0. The normalized spacial score (nSPS) is 16.1. The standard InChI is InChI=1S/C23H25N5O3S2/c1-6-27(7-2)16-10-8-15(9-11-16)18-17(19(29)21-12(3)24-13(4)32-21)20(30)22(31)28(18)23-26-25-14(5)33-23/h8-11,18,30H,6-7H2,1-5H3. The Morgan fingerprint density at radius 3 is 2.24 bits per heavy atom. The number of benzene rings is 1. The highest BCUT2D eigenvalue weighted by atomic mass is 32.1. The fraction of sp³-hybridized carbons (Fsp3) is 0.348. The molecule has 0 fully saturated rings. The first-order valence-electron chi connectivity index (χ1n) is 10.7. The third-order valence-electron chi connectivity index (χ3n) is 5.62. The molecule has 0 bridgehead atoms. The van der Waals surface area contributed by atoms with Crippen LogP contribution in [-0.2, 0) is 4.79 Å². The Balaban J connectivity index is 1.84. The van der Waals surface area contributed by atoms with Crippen LogP contribution in [0.25, 0.3) is 0 Å². The van der Waals surface area contributed by atoms with Crippen LogP contribution in [0.3, 0.4) is 0 Å². The van der Waals surface area contributed by atoms with Gasteiger partial charge >= 0.3 is 0 Å². The quantitative estimate of drug-likeness (QED) is 0.492. The molecule has 1 atom stereocenters. The molecule has 172 valence electrons. The Morgan fingerprint density at radius 2 is 1.73 bits per heavy atom. The molecule has 8 nitrogen and oxygen atoms in total. The van der Waals surface area contributed by atoms with E-state index in [-0.39, 0.29) is 5.57 Å². The van der Waals surface area contributed by atoms with Gasteiger partial charge < -0.3 is 10.0 Å². The maximum atomic E-state index is 13.6. The van der Waals surface area contributed by atoms with Gasteiger partial charge in [0.05, 0.1) is 27.2 Å². The first-order chi connectivity index (χ1) is 15.8. The average Bonchev–Trinajstić information content (AvgIpc) is 3.45. The number of ketones is 1. The summed E-state index contributed by atoms with van der Waals surface area (Å²) in [6.45, 7) is 11.3. The number of hydrogen-bond acceptors (Lipinski definition) is 9. The number of anilines is 2. The van der Waals surface area contributed by atoms with E-state index in [0.717, 1.165) is 23.8 Å². The summed E-state index contributed by atoms with van der Waals surface area (Å²) in [4.78, 5) is 35.1. The van der Waals surface area contributed by atoms with E-state index in [1.807, 2.05) is 31.2 Å². The number of aromatic nitrogens is 3. The van der Waals surface area contributed by atoms with Crippen LogP contribution in [0, 0.1) is 20.8 Å². The molecule has 0 saturated carbocycles. The highest BCUT2D eigenvalue weighted by molar-refractivity contribution is 7.15. The first-order valence-corrected chi connectivity index (χ1v) is 12.3. The van der Waals surface area contributed by atoms with E-state index in [0.29, 0.717) is 26.3 Å². The van der Waals surface area contributed by atoms with Gasteiger partial charge in [-0.2, -0.15) is 0 Å². The van der Waals surface area contributed by atoms with Crippen molar-refractivity contribution in [2.24, 2.45) is 0 Å². The number of carbonyl (C=O) groups is 2. The van der Waals surface area contributed by atoms with E-state index in [9.17, 15) is 14.7 Å². The van der Waals surface area contributed by atoms with E-state index in [4.69, 9.17) is 0 Å². The van der Waals surface area contributed by atoms with E-state index in [2.05, 4.69) is 33.9 Å². The summed E-state index contributed by atoms with van der Waals surface area (Å²) in [5.74, 6) is -1.62. The summed E-state index contributed by atoms with van der Waals surface area (Å²) in [6.07, 6.45) is 0. The van der Waals surface area contributed by atoms with E-state index >= 15 is 0 Å². The van der Waals surface area contributed by atoms with Crippen LogP contribution in [0.5, 0.6) is 0 Å². The van der Waals surface area contributed by atoms with Gasteiger partial charge in [-0.05, 0) is 52.3 Å². The molecule has 3 aromatic rings. The number of thiazole rings is 1.